The fourth-order valence-electron chi connectivity index (χ4n) is 1.53. The molecule has 0 aliphatic heterocycles. The lowest BCUT2D eigenvalue weighted by Crippen LogP contribution is -1.84. The highest BCUT2D eigenvalue weighted by atomic mass is 19.1. The van der Waals surface area contributed by atoms with Gasteiger partial charge in [-0.2, -0.15) is 0 Å². The minimum absolute atomic E-state index is 0.377. The van der Waals surface area contributed by atoms with Crippen molar-refractivity contribution in [3.8, 4) is 17.0 Å². The zero-order valence-corrected chi connectivity index (χ0v) is 9.12. The number of benzene rings is 1. The molecule has 3 nitrogen and oxygen atoms in total. The second kappa shape index (κ2) is 3.96. The van der Waals surface area contributed by atoms with E-state index in [1.165, 1.54) is 12.1 Å². The molecule has 0 atom stereocenters. The second-order valence-electron chi connectivity index (χ2n) is 3.53. The summed E-state index contributed by atoms with van der Waals surface area (Å²) in [4.78, 5) is 4.27. The van der Waals surface area contributed by atoms with Crippen molar-refractivity contribution >= 4 is 0 Å². The molecule has 0 amide bonds. The highest BCUT2D eigenvalue weighted by Gasteiger charge is 2.12. The van der Waals surface area contributed by atoms with Crippen molar-refractivity contribution in [3.05, 3.63) is 35.7 Å². The summed E-state index contributed by atoms with van der Waals surface area (Å²) in [6.45, 7) is 3.74. The van der Waals surface area contributed by atoms with Gasteiger partial charge in [-0.15, -0.1) is 0 Å². The summed E-state index contributed by atoms with van der Waals surface area (Å²) in [5.41, 5.74) is 1.30. The molecule has 0 fully saturated rings. The SMILES string of the molecule is CCc1nc(-c2ccc(F)c(O)c2)c(C)o1. The molecule has 1 heterocycles. The minimum atomic E-state index is -0.638. The number of hydrogen-bond acceptors (Lipinski definition) is 3. The Morgan fingerprint density at radius 2 is 2.19 bits per heavy atom. The van der Waals surface area contributed by atoms with E-state index in [1.54, 1.807) is 13.0 Å². The molecule has 2 aromatic rings. The van der Waals surface area contributed by atoms with Crippen LogP contribution in [0.25, 0.3) is 11.3 Å². The van der Waals surface area contributed by atoms with E-state index in [4.69, 9.17) is 4.42 Å². The molecule has 1 N–H and O–H groups in total. The van der Waals surface area contributed by atoms with Gasteiger partial charge in [0.1, 0.15) is 11.5 Å². The van der Waals surface area contributed by atoms with Gasteiger partial charge in [0.05, 0.1) is 0 Å². The maximum Gasteiger partial charge on any atom is 0.194 e. The maximum absolute atomic E-state index is 12.9. The second-order valence-corrected chi connectivity index (χ2v) is 3.53. The number of aryl methyl sites for hydroxylation is 2. The van der Waals surface area contributed by atoms with E-state index in [1.807, 2.05) is 6.92 Å². The van der Waals surface area contributed by atoms with Gasteiger partial charge in [0.25, 0.3) is 0 Å². The average Bonchev–Trinajstić information content (AvgIpc) is 2.64. The van der Waals surface area contributed by atoms with Gasteiger partial charge in [0.15, 0.2) is 17.5 Å². The van der Waals surface area contributed by atoms with Crippen LogP contribution in [-0.4, -0.2) is 10.1 Å². The smallest absolute Gasteiger partial charge is 0.194 e. The lowest BCUT2D eigenvalue weighted by molar-refractivity contribution is 0.432. The standard InChI is InChI=1S/C12H12FNO2/c1-3-11-14-12(7(2)16-11)8-4-5-9(13)10(15)6-8/h4-6,15H,3H2,1-2H3. The zero-order chi connectivity index (χ0) is 11.7. The number of nitrogens with zero attached hydrogens (tertiary/aromatic N) is 1. The molecule has 0 aliphatic rings. The number of phenolic OH excluding ortho intramolecular Hbond substituents is 1. The lowest BCUT2D eigenvalue weighted by Gasteiger charge is -1.99. The van der Waals surface area contributed by atoms with Gasteiger partial charge in [0.2, 0.25) is 0 Å². The average molecular weight is 221 g/mol. The van der Waals surface area contributed by atoms with Crippen molar-refractivity contribution in [3.63, 3.8) is 0 Å². The summed E-state index contributed by atoms with van der Waals surface area (Å²) >= 11 is 0. The van der Waals surface area contributed by atoms with E-state index < -0.39 is 5.82 Å². The Kier molecular flexibility index (Phi) is 2.64. The first-order chi connectivity index (χ1) is 7.61. The third-order valence-corrected chi connectivity index (χ3v) is 2.36. The third-order valence-electron chi connectivity index (χ3n) is 2.36. The molecule has 16 heavy (non-hydrogen) atoms. The minimum Gasteiger partial charge on any atom is -0.505 e. The van der Waals surface area contributed by atoms with Crippen LogP contribution in [0.3, 0.4) is 0 Å². The van der Waals surface area contributed by atoms with Crippen LogP contribution in [0.15, 0.2) is 22.6 Å². The van der Waals surface area contributed by atoms with E-state index in [2.05, 4.69) is 4.98 Å². The molecule has 1 aromatic heterocycles. The highest BCUT2D eigenvalue weighted by molar-refractivity contribution is 5.63. The van der Waals surface area contributed by atoms with Gasteiger partial charge in [-0.05, 0) is 25.1 Å². The number of hydrogen-bond donors (Lipinski definition) is 1. The monoisotopic (exact) mass is 221 g/mol. The summed E-state index contributed by atoms with van der Waals surface area (Å²) < 4.78 is 18.3. The van der Waals surface area contributed by atoms with Crippen molar-refractivity contribution < 1.29 is 13.9 Å². The van der Waals surface area contributed by atoms with Crippen LogP contribution in [0, 0.1) is 12.7 Å². The first kappa shape index (κ1) is 10.7. The van der Waals surface area contributed by atoms with Crippen LogP contribution in [0.2, 0.25) is 0 Å². The molecule has 0 spiro atoms. The van der Waals surface area contributed by atoms with E-state index in [0.29, 0.717) is 29.3 Å². The largest absolute Gasteiger partial charge is 0.505 e. The number of oxazole rings is 1. The molecule has 0 radical (unpaired) electrons. The third kappa shape index (κ3) is 1.78. The van der Waals surface area contributed by atoms with E-state index in [-0.39, 0.29) is 5.75 Å². The number of rotatable bonds is 2. The molecular weight excluding hydrogens is 209 g/mol. The Morgan fingerprint density at radius 1 is 1.44 bits per heavy atom. The first-order valence-electron chi connectivity index (χ1n) is 5.07. The molecule has 2 rings (SSSR count). The van der Waals surface area contributed by atoms with Crippen LogP contribution in [-0.2, 0) is 6.42 Å². The van der Waals surface area contributed by atoms with Crippen LogP contribution < -0.4 is 0 Å². The van der Waals surface area contributed by atoms with Crippen molar-refractivity contribution in [2.45, 2.75) is 20.3 Å². The Labute approximate surface area is 92.6 Å². The molecule has 0 unspecified atom stereocenters. The zero-order valence-electron chi connectivity index (χ0n) is 9.12. The number of aromatic nitrogens is 1. The quantitative estimate of drug-likeness (QED) is 0.847. The molecule has 0 aliphatic carbocycles. The number of aromatic hydroxyl groups is 1. The van der Waals surface area contributed by atoms with Crippen molar-refractivity contribution in [2.24, 2.45) is 0 Å². The van der Waals surface area contributed by atoms with E-state index in [0.717, 1.165) is 0 Å². The lowest BCUT2D eigenvalue weighted by atomic mass is 10.1. The van der Waals surface area contributed by atoms with Crippen LogP contribution in [0.1, 0.15) is 18.6 Å². The van der Waals surface area contributed by atoms with Gasteiger partial charge < -0.3 is 9.52 Å². The Morgan fingerprint density at radius 3 is 2.75 bits per heavy atom. The molecule has 0 bridgehead atoms. The highest BCUT2D eigenvalue weighted by Crippen LogP contribution is 2.27. The van der Waals surface area contributed by atoms with Crippen LogP contribution in [0.4, 0.5) is 4.39 Å². The Bertz CT molecular complexity index is 520. The van der Waals surface area contributed by atoms with Crippen LogP contribution in [0.5, 0.6) is 5.75 Å². The molecule has 0 saturated carbocycles. The Balaban J connectivity index is 2.49. The Hall–Kier alpha value is -1.84. The van der Waals surface area contributed by atoms with Crippen molar-refractivity contribution in [1.82, 2.24) is 4.98 Å². The maximum atomic E-state index is 12.9. The topological polar surface area (TPSA) is 46.3 Å². The first-order valence-corrected chi connectivity index (χ1v) is 5.07. The molecule has 1 aromatic carbocycles. The van der Waals surface area contributed by atoms with E-state index >= 15 is 0 Å². The number of halogens is 1. The normalized spacial score (nSPS) is 10.7. The molecule has 4 heteroatoms. The van der Waals surface area contributed by atoms with Gasteiger partial charge in [-0.3, -0.25) is 0 Å². The summed E-state index contributed by atoms with van der Waals surface area (Å²) in [7, 11) is 0. The van der Waals surface area contributed by atoms with Crippen molar-refractivity contribution in [1.29, 1.82) is 0 Å². The summed E-state index contributed by atoms with van der Waals surface area (Å²) in [6, 6.07) is 4.13. The predicted molar refractivity (Wildman–Crippen MR) is 57.7 cm³/mol. The summed E-state index contributed by atoms with van der Waals surface area (Å²) in [5.74, 6) is 0.290. The molecular formula is C12H12FNO2. The van der Waals surface area contributed by atoms with Gasteiger partial charge >= 0.3 is 0 Å². The fraction of sp³-hybridized carbons (Fsp3) is 0.250. The molecule has 0 saturated heterocycles. The number of phenols is 1. The predicted octanol–water partition coefficient (Wildman–Crippen LogP) is 3.06. The summed E-state index contributed by atoms with van der Waals surface area (Å²) in [5, 5.41) is 9.28. The fourth-order valence-corrected chi connectivity index (χ4v) is 1.53. The van der Waals surface area contributed by atoms with Crippen LogP contribution >= 0.6 is 0 Å². The molecule has 84 valence electrons. The van der Waals surface area contributed by atoms with Gasteiger partial charge in [-0.25, -0.2) is 9.37 Å². The van der Waals surface area contributed by atoms with E-state index in [9.17, 15) is 9.50 Å². The van der Waals surface area contributed by atoms with Crippen molar-refractivity contribution in [2.75, 3.05) is 0 Å². The van der Waals surface area contributed by atoms with Gasteiger partial charge in [0, 0.05) is 12.0 Å². The summed E-state index contributed by atoms with van der Waals surface area (Å²) in [6.07, 6.45) is 0.702. The van der Waals surface area contributed by atoms with Gasteiger partial charge in [-0.1, -0.05) is 6.92 Å².